The number of amides is 2. The monoisotopic (exact) mass is 349 g/mol. The Kier molecular flexibility index (Phi) is 4.81. The number of nitrogens with zero attached hydrogens (tertiary/aromatic N) is 2. The first-order valence-electron chi connectivity index (χ1n) is 7.73. The van der Waals surface area contributed by atoms with Gasteiger partial charge in [0.05, 0.1) is 16.8 Å². The molecule has 1 aliphatic heterocycles. The van der Waals surface area contributed by atoms with Gasteiger partial charge in [0.15, 0.2) is 0 Å². The molecule has 128 valence electrons. The fraction of sp³-hybridized carbons (Fsp3) is 0.333. The molecule has 0 bridgehead atoms. The first-order valence-corrected chi connectivity index (χ1v) is 9.17. The van der Waals surface area contributed by atoms with Crippen LogP contribution in [0, 0.1) is 0 Å². The third-order valence-electron chi connectivity index (χ3n) is 3.80. The van der Waals surface area contributed by atoms with E-state index in [9.17, 15) is 13.2 Å². The highest BCUT2D eigenvalue weighted by molar-refractivity contribution is 7.89. The third kappa shape index (κ3) is 3.74. The smallest absolute Gasteiger partial charge is 0.308 e. The molecule has 1 aliphatic rings. The summed E-state index contributed by atoms with van der Waals surface area (Å²) in [5.41, 5.74) is 0.929. The highest BCUT2D eigenvalue weighted by Gasteiger charge is 2.26. The average Bonchev–Trinajstić information content (AvgIpc) is 3.08. The predicted molar refractivity (Wildman–Crippen MR) is 90.3 cm³/mol. The van der Waals surface area contributed by atoms with Crippen molar-refractivity contribution in [2.24, 2.45) is 0 Å². The van der Waals surface area contributed by atoms with Crippen molar-refractivity contribution < 1.29 is 13.2 Å². The van der Waals surface area contributed by atoms with Crippen LogP contribution in [0.25, 0.3) is 0 Å². The van der Waals surface area contributed by atoms with E-state index in [0.717, 1.165) is 19.3 Å². The number of carbonyl (C=O) groups is 1. The summed E-state index contributed by atoms with van der Waals surface area (Å²) in [7, 11) is -3.52. The molecule has 0 atom stereocenters. The summed E-state index contributed by atoms with van der Waals surface area (Å²) in [4.78, 5) is 12.1. The van der Waals surface area contributed by atoms with E-state index in [4.69, 9.17) is 0 Å². The summed E-state index contributed by atoms with van der Waals surface area (Å²) >= 11 is 0. The predicted octanol–water partition coefficient (Wildman–Crippen LogP) is 2.23. The molecule has 9 heteroatoms. The van der Waals surface area contributed by atoms with E-state index in [2.05, 4.69) is 20.8 Å². The van der Waals surface area contributed by atoms with Crippen LogP contribution in [0.2, 0.25) is 0 Å². The van der Waals surface area contributed by atoms with Crippen LogP contribution < -0.4 is 10.6 Å². The van der Waals surface area contributed by atoms with Gasteiger partial charge >= 0.3 is 6.03 Å². The summed E-state index contributed by atoms with van der Waals surface area (Å²) in [6.45, 7) is 1.09. The van der Waals surface area contributed by atoms with E-state index in [1.807, 2.05) is 0 Å². The van der Waals surface area contributed by atoms with Crippen LogP contribution in [0.1, 0.15) is 19.3 Å². The van der Waals surface area contributed by atoms with Crippen molar-refractivity contribution in [1.29, 1.82) is 0 Å². The van der Waals surface area contributed by atoms with Gasteiger partial charge < -0.3 is 10.6 Å². The molecule has 3 N–H and O–H groups in total. The molecule has 8 nitrogen and oxygen atoms in total. The number of nitrogens with one attached hydrogen (secondary N) is 3. The number of aromatic nitrogens is 2. The third-order valence-corrected chi connectivity index (χ3v) is 5.70. The highest BCUT2D eigenvalue weighted by Crippen LogP contribution is 2.23. The Morgan fingerprint density at radius 1 is 1.12 bits per heavy atom. The maximum atomic E-state index is 12.7. The van der Waals surface area contributed by atoms with Crippen molar-refractivity contribution in [3.8, 4) is 0 Å². The lowest BCUT2D eigenvalue weighted by molar-refractivity contribution is 0.262. The summed E-state index contributed by atoms with van der Waals surface area (Å²) in [5.74, 6) is 0. The Morgan fingerprint density at radius 3 is 2.58 bits per heavy atom. The summed E-state index contributed by atoms with van der Waals surface area (Å²) < 4.78 is 26.8. The van der Waals surface area contributed by atoms with Gasteiger partial charge in [0.2, 0.25) is 10.0 Å². The summed E-state index contributed by atoms with van der Waals surface area (Å²) in [6, 6.07) is 5.81. The van der Waals surface area contributed by atoms with Crippen LogP contribution in [-0.2, 0) is 10.0 Å². The number of aromatic amines is 1. The SMILES string of the molecule is O=C(Nc1cn[nH]c1)Nc1cccc(S(=O)(=O)N2CCCCC2)c1. The van der Waals surface area contributed by atoms with Crippen molar-refractivity contribution in [3.63, 3.8) is 0 Å². The lowest BCUT2D eigenvalue weighted by atomic mass is 10.2. The zero-order valence-corrected chi connectivity index (χ0v) is 13.8. The zero-order chi connectivity index (χ0) is 17.0. The Hall–Kier alpha value is -2.39. The van der Waals surface area contributed by atoms with Gasteiger partial charge in [0, 0.05) is 25.0 Å². The molecule has 0 saturated carbocycles. The average molecular weight is 349 g/mol. The van der Waals surface area contributed by atoms with Gasteiger partial charge in [-0.15, -0.1) is 0 Å². The Balaban J connectivity index is 1.72. The molecule has 0 radical (unpaired) electrons. The molecule has 24 heavy (non-hydrogen) atoms. The number of rotatable bonds is 4. The molecule has 0 aliphatic carbocycles. The van der Waals surface area contributed by atoms with Gasteiger partial charge in [-0.05, 0) is 31.0 Å². The molecule has 0 unspecified atom stereocenters. The molecule has 1 aromatic carbocycles. The van der Waals surface area contributed by atoms with Gasteiger partial charge in [-0.3, -0.25) is 5.10 Å². The molecule has 1 aromatic heterocycles. The number of hydrogen-bond acceptors (Lipinski definition) is 4. The number of benzene rings is 1. The molecule has 1 fully saturated rings. The van der Waals surface area contributed by atoms with Crippen LogP contribution in [0.15, 0.2) is 41.6 Å². The Bertz CT molecular complexity index is 798. The van der Waals surface area contributed by atoms with Gasteiger partial charge in [0.25, 0.3) is 0 Å². The normalized spacial score (nSPS) is 15.8. The van der Waals surface area contributed by atoms with E-state index < -0.39 is 16.1 Å². The second kappa shape index (κ2) is 7.02. The minimum Gasteiger partial charge on any atom is -0.308 e. The van der Waals surface area contributed by atoms with Crippen LogP contribution in [0.4, 0.5) is 16.2 Å². The quantitative estimate of drug-likeness (QED) is 0.786. The molecular formula is C15H19N5O3S. The van der Waals surface area contributed by atoms with Crippen molar-refractivity contribution in [1.82, 2.24) is 14.5 Å². The minimum atomic E-state index is -3.52. The largest absolute Gasteiger partial charge is 0.323 e. The summed E-state index contributed by atoms with van der Waals surface area (Å²) in [5, 5.41) is 11.5. The van der Waals surface area contributed by atoms with Crippen LogP contribution in [-0.4, -0.2) is 42.0 Å². The lowest BCUT2D eigenvalue weighted by Crippen LogP contribution is -2.35. The van der Waals surface area contributed by atoms with Crippen molar-refractivity contribution >= 4 is 27.4 Å². The number of carbonyl (C=O) groups excluding carboxylic acids is 1. The minimum absolute atomic E-state index is 0.186. The van der Waals surface area contributed by atoms with Crippen molar-refractivity contribution in [2.75, 3.05) is 23.7 Å². The molecule has 1 saturated heterocycles. The van der Waals surface area contributed by atoms with Crippen molar-refractivity contribution in [3.05, 3.63) is 36.7 Å². The zero-order valence-electron chi connectivity index (χ0n) is 13.0. The summed E-state index contributed by atoms with van der Waals surface area (Å²) in [6.07, 6.45) is 5.82. The number of piperidine rings is 1. The second-order valence-corrected chi connectivity index (χ2v) is 7.50. The van der Waals surface area contributed by atoms with E-state index in [0.29, 0.717) is 24.5 Å². The molecule has 3 rings (SSSR count). The van der Waals surface area contributed by atoms with Gasteiger partial charge in [-0.25, -0.2) is 13.2 Å². The van der Waals surface area contributed by atoms with E-state index >= 15 is 0 Å². The maximum absolute atomic E-state index is 12.7. The second-order valence-electron chi connectivity index (χ2n) is 5.56. The van der Waals surface area contributed by atoms with Crippen LogP contribution >= 0.6 is 0 Å². The number of H-pyrrole nitrogens is 1. The van der Waals surface area contributed by atoms with E-state index in [1.54, 1.807) is 18.2 Å². The molecule has 0 spiro atoms. The molecule has 2 aromatic rings. The van der Waals surface area contributed by atoms with Gasteiger partial charge in [0.1, 0.15) is 0 Å². The van der Waals surface area contributed by atoms with Crippen LogP contribution in [0.3, 0.4) is 0 Å². The lowest BCUT2D eigenvalue weighted by Gasteiger charge is -2.26. The molecular weight excluding hydrogens is 330 g/mol. The topological polar surface area (TPSA) is 107 Å². The standard InChI is InChI=1S/C15H19N5O3S/c21-15(19-13-10-16-17-11-13)18-12-5-4-6-14(9-12)24(22,23)20-7-2-1-3-8-20/h4-6,9-11H,1-3,7-8H2,(H,16,17)(H2,18,19,21). The van der Waals surface area contributed by atoms with Crippen molar-refractivity contribution in [2.45, 2.75) is 24.2 Å². The number of anilines is 2. The van der Waals surface area contributed by atoms with Gasteiger partial charge in [-0.2, -0.15) is 9.40 Å². The first kappa shape index (κ1) is 16.5. The first-order chi connectivity index (χ1) is 11.6. The number of sulfonamides is 1. The fourth-order valence-corrected chi connectivity index (χ4v) is 4.16. The fourth-order valence-electron chi connectivity index (χ4n) is 2.60. The number of hydrogen-bond donors (Lipinski definition) is 3. The highest BCUT2D eigenvalue weighted by atomic mass is 32.2. The Morgan fingerprint density at radius 2 is 1.88 bits per heavy atom. The molecule has 2 heterocycles. The Labute approximate surface area is 140 Å². The van der Waals surface area contributed by atoms with Crippen LogP contribution in [0.5, 0.6) is 0 Å². The number of urea groups is 1. The van der Waals surface area contributed by atoms with Gasteiger partial charge in [-0.1, -0.05) is 12.5 Å². The molecule has 2 amide bonds. The van der Waals surface area contributed by atoms with E-state index in [-0.39, 0.29) is 4.90 Å². The van der Waals surface area contributed by atoms with E-state index in [1.165, 1.54) is 22.8 Å². The maximum Gasteiger partial charge on any atom is 0.323 e.